The van der Waals surface area contributed by atoms with E-state index in [-0.39, 0.29) is 167 Å². The molecule has 1 radical (unpaired) electrons. The number of halogens is 8. The van der Waals surface area contributed by atoms with Crippen LogP contribution in [0.25, 0.3) is 44.8 Å². The zero-order chi connectivity index (χ0) is 57.2. The number of ether oxygens (including phenoxy) is 3. The maximum absolute atomic E-state index is 14.8. The van der Waals surface area contributed by atoms with Crippen molar-refractivity contribution in [3.8, 4) is 34.2 Å². The molecule has 8 aromatic rings. The van der Waals surface area contributed by atoms with E-state index in [0.29, 0.717) is 27.4 Å². The largest absolute Gasteiger partial charge is 1.00 e. The Morgan fingerprint density at radius 2 is 1.12 bits per heavy atom. The molecular weight excluding hydrogens is 1180 g/mol. The molecule has 24 nitrogen and oxygen atoms in total. The fourth-order valence-electron chi connectivity index (χ4n) is 6.68. The number of benzene rings is 4. The molecule has 4 aromatic heterocycles. The van der Waals surface area contributed by atoms with Gasteiger partial charge in [-0.3, -0.25) is 19.0 Å². The summed E-state index contributed by atoms with van der Waals surface area (Å²) in [4.78, 5) is 62.1. The number of aromatic nitrogens is 10. The number of hydrogen-bond acceptors (Lipinski definition) is 17. The summed E-state index contributed by atoms with van der Waals surface area (Å²) in [6, 6.07) is 17.9. The number of carbonyl (C=O) groups excluding carboxylic acids is 1. The maximum Gasteiger partial charge on any atom is 1.00 e. The molecule has 0 atom stereocenters. The third kappa shape index (κ3) is 18.9. The Bertz CT molecular complexity index is 3700. The fraction of sp³-hybridized carbons (Fsp3) is 0.283. The van der Waals surface area contributed by atoms with E-state index in [4.69, 9.17) is 34.1 Å². The number of rotatable bonds is 8. The number of fused-ring (bicyclic) bond motifs is 2. The SMILES string of the molecule is C.C.C1CCOC1.COc1ccccc1-n1nnc2cc(F)c(-n3c(=O)cc(C(F)(F)F)[nH]c3=O)cc21.COc1ccccc1-n1nnc2cc(F)c(-n3c(=O)cc(C(F)(F)F)n(C)c3=O)cc21.CS(C)(=O)(O)OO.O=CO[O-].[K+].[K]. The standard InChI is InChI=1S/C19H13F4N5O3.C18H11F4N5O3.C4H8O.C2H8O4S.CH2O3.2CH4.2K/c1-26-16(19(21,22)23)9-17(29)27(18(26)30)13-8-14-11(7-10(13)20)24-25-28(14)12-5-3-4-6-15(12)31-2;1-30-14-5-3-2-4-11(14)27-13-7-12(9(19)6-10(13)24-25-27)26-16(28)8-15(18(20,21)22)23-17(26)29;1-2-4-5-3-1;1-7(2,4,5)6-3;2-1-4-3;;;;/h3-9H,1-2H3;2-8H,1H3,(H,23,29);1-4H2;3H,1-2H3,(H,4,5);1,3H;2*1H4;;/q;;;;;;;;+1/p-1. The summed E-state index contributed by atoms with van der Waals surface area (Å²) in [7, 11) is -0.341. The minimum Gasteiger partial charge on any atom is -0.662 e. The molecule has 5 heterocycles. The van der Waals surface area contributed by atoms with Crippen molar-refractivity contribution in [1.82, 2.24) is 48.7 Å². The second-order valence-corrected chi connectivity index (χ2v) is 19.3. The van der Waals surface area contributed by atoms with Gasteiger partial charge in [-0.05, 0) is 49.2 Å². The summed E-state index contributed by atoms with van der Waals surface area (Å²) >= 11 is 0. The quantitative estimate of drug-likeness (QED) is 0.0644. The first-order valence-corrected chi connectivity index (χ1v) is 23.9. The van der Waals surface area contributed by atoms with Crippen molar-refractivity contribution < 1.29 is 134 Å². The Balaban J connectivity index is 0.000000613. The van der Waals surface area contributed by atoms with Gasteiger partial charge in [0, 0.05) is 108 Å². The fourth-order valence-corrected chi connectivity index (χ4v) is 6.68. The first-order chi connectivity index (χ1) is 36.1. The van der Waals surface area contributed by atoms with Crippen molar-refractivity contribution in [2.75, 3.05) is 39.9 Å². The molecule has 0 unspecified atom stereocenters. The van der Waals surface area contributed by atoms with E-state index in [2.05, 4.69) is 29.8 Å². The van der Waals surface area contributed by atoms with E-state index in [9.17, 15) is 58.5 Å². The molecule has 3 N–H and O–H groups in total. The molecule has 81 heavy (non-hydrogen) atoms. The van der Waals surface area contributed by atoms with Gasteiger partial charge in [-0.1, -0.05) is 49.5 Å². The van der Waals surface area contributed by atoms with Crippen molar-refractivity contribution >= 4 is 89.6 Å². The molecule has 1 aliphatic rings. The first-order valence-electron chi connectivity index (χ1n) is 21.3. The van der Waals surface area contributed by atoms with Crippen LogP contribution in [0.15, 0.2) is 104 Å². The second kappa shape index (κ2) is 30.9. The number of alkyl halides is 6. The van der Waals surface area contributed by atoms with Crippen LogP contribution in [0.3, 0.4) is 0 Å². The van der Waals surface area contributed by atoms with Crippen molar-refractivity contribution in [1.29, 1.82) is 0 Å². The molecule has 1 saturated heterocycles. The van der Waals surface area contributed by atoms with Crippen LogP contribution in [0.4, 0.5) is 35.1 Å². The second-order valence-electron chi connectivity index (χ2n) is 15.9. The number of para-hydroxylation sites is 4. The van der Waals surface area contributed by atoms with E-state index in [1.807, 2.05) is 0 Å². The molecule has 0 bridgehead atoms. The minimum atomic E-state index is -4.94. The van der Waals surface area contributed by atoms with Gasteiger partial charge in [0.1, 0.15) is 66.6 Å². The molecule has 35 heteroatoms. The monoisotopic (exact) mass is 1230 g/mol. The van der Waals surface area contributed by atoms with E-state index in [0.717, 1.165) is 57.0 Å². The summed E-state index contributed by atoms with van der Waals surface area (Å²) in [5.41, 5.74) is -8.06. The van der Waals surface area contributed by atoms with E-state index in [1.54, 1.807) is 53.5 Å². The molecule has 0 aliphatic carbocycles. The Labute approximate surface area is 537 Å². The number of carbonyl (C=O) groups is 1. The Morgan fingerprint density at radius 1 is 0.716 bits per heavy atom. The predicted molar refractivity (Wildman–Crippen MR) is 271 cm³/mol. The summed E-state index contributed by atoms with van der Waals surface area (Å²) < 4.78 is 148. The minimum absolute atomic E-state index is 0. The van der Waals surface area contributed by atoms with Gasteiger partial charge >= 0.3 is 75.1 Å². The van der Waals surface area contributed by atoms with Gasteiger partial charge in [0.2, 0.25) is 0 Å². The van der Waals surface area contributed by atoms with Crippen LogP contribution in [0.1, 0.15) is 39.1 Å². The van der Waals surface area contributed by atoms with Crippen molar-refractivity contribution in [3.05, 3.63) is 150 Å². The summed E-state index contributed by atoms with van der Waals surface area (Å²) in [6.07, 6.45) is -5.51. The van der Waals surface area contributed by atoms with Crippen LogP contribution in [-0.2, 0) is 47.8 Å². The topological polar surface area (TPSA) is 304 Å². The van der Waals surface area contributed by atoms with Crippen molar-refractivity contribution in [2.24, 2.45) is 7.05 Å². The van der Waals surface area contributed by atoms with Gasteiger partial charge in [-0.25, -0.2) is 46.3 Å². The molecule has 0 amide bonds. The van der Waals surface area contributed by atoms with Gasteiger partial charge in [-0.2, -0.15) is 26.3 Å². The molecule has 431 valence electrons. The number of nitrogens with one attached hydrogen (secondary N) is 1. The first kappa shape index (κ1) is 73.8. The van der Waals surface area contributed by atoms with Crippen LogP contribution in [0, 0.1) is 11.6 Å². The van der Waals surface area contributed by atoms with Gasteiger partial charge in [0.15, 0.2) is 0 Å². The smallest absolute Gasteiger partial charge is 0.662 e. The van der Waals surface area contributed by atoms with Crippen molar-refractivity contribution in [3.63, 3.8) is 0 Å². The molecule has 1 aliphatic heterocycles. The predicted octanol–water partition coefficient (Wildman–Crippen LogP) is 1.93. The summed E-state index contributed by atoms with van der Waals surface area (Å²) in [6.45, 7) is 1.82. The molecular formula is C46H49F8K2N10O14S. The Morgan fingerprint density at radius 3 is 1.47 bits per heavy atom. The molecule has 0 spiro atoms. The third-order valence-electron chi connectivity index (χ3n) is 10.1. The van der Waals surface area contributed by atoms with Crippen LogP contribution < -0.4 is 88.6 Å². The van der Waals surface area contributed by atoms with Gasteiger partial charge in [-0.15, -0.1) is 14.5 Å². The van der Waals surface area contributed by atoms with Crippen LogP contribution in [0.2, 0.25) is 0 Å². The Kier molecular flexibility index (Phi) is 28.1. The molecule has 9 rings (SSSR count). The van der Waals surface area contributed by atoms with E-state index >= 15 is 0 Å². The zero-order valence-electron chi connectivity index (χ0n) is 42.2. The van der Waals surface area contributed by atoms with E-state index in [1.165, 1.54) is 36.4 Å². The maximum atomic E-state index is 14.8. The van der Waals surface area contributed by atoms with Gasteiger partial charge in [0.05, 0.1) is 36.6 Å². The number of methoxy groups -OCH3 is 2. The third-order valence-corrected chi connectivity index (χ3v) is 10.5. The summed E-state index contributed by atoms with van der Waals surface area (Å²) in [5, 5.41) is 31.7. The number of hydrogen-bond donors (Lipinski definition) is 3. The summed E-state index contributed by atoms with van der Waals surface area (Å²) in [5.74, 6) is -1.23. The molecule has 4 aromatic carbocycles. The van der Waals surface area contributed by atoms with Crippen LogP contribution in [-0.4, -0.2) is 160 Å². The van der Waals surface area contributed by atoms with E-state index < -0.39 is 78.9 Å². The zero-order valence-corrected chi connectivity index (χ0v) is 49.3. The Hall–Kier alpha value is -5.23. The molecule has 1 fully saturated rings. The number of aromatic amines is 1. The van der Waals surface area contributed by atoms with Crippen LogP contribution in [0.5, 0.6) is 11.5 Å². The number of H-pyrrole nitrogens is 1. The average molecular weight is 1230 g/mol. The van der Waals surface area contributed by atoms with Gasteiger partial charge < -0.3 is 33.9 Å². The van der Waals surface area contributed by atoms with Crippen LogP contribution >= 0.6 is 0 Å². The molecule has 0 saturated carbocycles. The normalized spacial score (nSPS) is 12.2. The average Bonchev–Trinajstić information content (AvgIpc) is 4.18. The van der Waals surface area contributed by atoms with Gasteiger partial charge in [0.25, 0.3) is 17.6 Å². The van der Waals surface area contributed by atoms with Crippen molar-refractivity contribution in [2.45, 2.75) is 40.0 Å². The number of nitrogens with zero attached hydrogens (tertiary/aromatic N) is 9.